The molecule has 0 aliphatic carbocycles. The van der Waals surface area contributed by atoms with Gasteiger partial charge in [0.1, 0.15) is 0 Å². The molecule has 6 heteroatoms. The van der Waals surface area contributed by atoms with Crippen LogP contribution in [0.1, 0.15) is 0 Å². The maximum Gasteiger partial charge on any atom is 0.0751 e. The molecule has 0 radical (unpaired) electrons. The standard InChI is InChI=1S/C62H44N6/c1-7-19-47(20-8-1)65(48-21-9-2-10-22-48)53-31-35-55(36-32-53)67(51-27-15-5-16-28-51)57-39-45-43-63-59-41-58(42-60-62(59)61(45)46(40-57)44-64-60)68(52-29-17-6-18-30-52)56-37-33-54(34-38-56)66(49-23-11-3-12-24-49)50-25-13-4-14-26-50/h1-44H. The zero-order chi connectivity index (χ0) is 45.2. The van der Waals surface area contributed by atoms with E-state index in [9.17, 15) is 0 Å². The lowest BCUT2D eigenvalue weighted by atomic mass is 9.99. The Bertz CT molecular complexity index is 3210. The summed E-state index contributed by atoms with van der Waals surface area (Å²) in [6.45, 7) is 0. The summed E-state index contributed by atoms with van der Waals surface area (Å²) in [6.07, 6.45) is 4.04. The van der Waals surface area contributed by atoms with Crippen LogP contribution in [0.15, 0.2) is 267 Å². The number of nitrogens with zero attached hydrogens (tertiary/aromatic N) is 6. The van der Waals surface area contributed by atoms with Crippen molar-refractivity contribution in [2.45, 2.75) is 0 Å². The van der Waals surface area contributed by atoms with E-state index in [-0.39, 0.29) is 0 Å². The number of rotatable bonds is 12. The van der Waals surface area contributed by atoms with E-state index in [0.717, 1.165) is 101 Å². The molecular weight excluding hydrogens is 829 g/mol. The molecule has 0 N–H and O–H groups in total. The van der Waals surface area contributed by atoms with Gasteiger partial charge in [-0.1, -0.05) is 109 Å². The smallest absolute Gasteiger partial charge is 0.0751 e. The van der Waals surface area contributed by atoms with Crippen molar-refractivity contribution in [2.24, 2.45) is 0 Å². The van der Waals surface area contributed by atoms with Gasteiger partial charge in [-0.25, -0.2) is 0 Å². The van der Waals surface area contributed by atoms with Gasteiger partial charge in [-0.3, -0.25) is 9.97 Å². The lowest BCUT2D eigenvalue weighted by molar-refractivity contribution is 1.25. The molecule has 0 bridgehead atoms. The van der Waals surface area contributed by atoms with Gasteiger partial charge in [0.25, 0.3) is 0 Å². The molecule has 0 saturated carbocycles. The van der Waals surface area contributed by atoms with Gasteiger partial charge in [0.05, 0.1) is 16.7 Å². The highest BCUT2D eigenvalue weighted by Crippen LogP contribution is 2.45. The largest absolute Gasteiger partial charge is 0.311 e. The number of aromatic nitrogens is 2. The summed E-state index contributed by atoms with van der Waals surface area (Å²) in [5.74, 6) is 0. The highest BCUT2D eigenvalue weighted by atomic mass is 15.2. The van der Waals surface area contributed by atoms with Crippen LogP contribution < -0.4 is 19.6 Å². The summed E-state index contributed by atoms with van der Waals surface area (Å²) < 4.78 is 0. The lowest BCUT2D eigenvalue weighted by Crippen LogP contribution is -2.12. The van der Waals surface area contributed by atoms with Gasteiger partial charge >= 0.3 is 0 Å². The van der Waals surface area contributed by atoms with E-state index in [0.29, 0.717) is 0 Å². The van der Waals surface area contributed by atoms with E-state index in [4.69, 9.17) is 9.97 Å². The highest BCUT2D eigenvalue weighted by molar-refractivity contribution is 6.22. The molecule has 68 heavy (non-hydrogen) atoms. The first-order valence-corrected chi connectivity index (χ1v) is 22.9. The Labute approximate surface area is 395 Å². The predicted octanol–water partition coefficient (Wildman–Crippen LogP) is 17.3. The summed E-state index contributed by atoms with van der Waals surface area (Å²) in [7, 11) is 0. The van der Waals surface area contributed by atoms with Gasteiger partial charge in [-0.2, -0.15) is 0 Å². The molecule has 0 amide bonds. The quantitative estimate of drug-likeness (QED) is 0.114. The van der Waals surface area contributed by atoms with Crippen molar-refractivity contribution >= 4 is 101 Å². The molecule has 0 spiro atoms. The summed E-state index contributed by atoms with van der Waals surface area (Å²) in [6, 6.07) is 89.6. The Hall–Kier alpha value is -9.26. The van der Waals surface area contributed by atoms with Crippen LogP contribution in [0.2, 0.25) is 0 Å². The topological polar surface area (TPSA) is 38.7 Å². The Balaban J connectivity index is 0.928. The molecular formula is C62H44N6. The number of para-hydroxylation sites is 6. The molecule has 0 aliphatic heterocycles. The van der Waals surface area contributed by atoms with Crippen molar-refractivity contribution in [3.8, 4) is 0 Å². The first-order chi connectivity index (χ1) is 33.7. The maximum absolute atomic E-state index is 5.18. The lowest BCUT2D eigenvalue weighted by Gasteiger charge is -2.29. The molecule has 0 aliphatic rings. The van der Waals surface area contributed by atoms with E-state index in [1.807, 2.05) is 12.4 Å². The molecule has 0 unspecified atom stereocenters. The summed E-state index contributed by atoms with van der Waals surface area (Å²) in [4.78, 5) is 19.5. The van der Waals surface area contributed by atoms with E-state index in [1.165, 1.54) is 0 Å². The summed E-state index contributed by atoms with van der Waals surface area (Å²) in [5, 5.41) is 4.31. The van der Waals surface area contributed by atoms with Crippen LogP contribution in [0.25, 0.3) is 32.6 Å². The predicted molar refractivity (Wildman–Crippen MR) is 284 cm³/mol. The minimum atomic E-state index is 0.893. The average molecular weight is 873 g/mol. The molecule has 6 nitrogen and oxygen atoms in total. The second-order valence-corrected chi connectivity index (χ2v) is 16.8. The fraction of sp³-hybridized carbons (Fsp3) is 0. The number of pyridine rings is 2. The molecule has 10 aromatic carbocycles. The first kappa shape index (κ1) is 40.3. The van der Waals surface area contributed by atoms with E-state index < -0.39 is 0 Å². The molecule has 0 saturated heterocycles. The second-order valence-electron chi connectivity index (χ2n) is 16.8. The van der Waals surface area contributed by atoms with Crippen molar-refractivity contribution in [1.29, 1.82) is 0 Å². The van der Waals surface area contributed by atoms with Crippen LogP contribution in [0, 0.1) is 0 Å². The van der Waals surface area contributed by atoms with Crippen molar-refractivity contribution in [1.82, 2.24) is 9.97 Å². The third kappa shape index (κ3) is 7.56. The van der Waals surface area contributed by atoms with Crippen molar-refractivity contribution in [3.63, 3.8) is 0 Å². The molecule has 12 aromatic rings. The van der Waals surface area contributed by atoms with Gasteiger partial charge in [0.15, 0.2) is 0 Å². The van der Waals surface area contributed by atoms with E-state index >= 15 is 0 Å². The third-order valence-electron chi connectivity index (χ3n) is 12.5. The van der Waals surface area contributed by atoms with Crippen molar-refractivity contribution < 1.29 is 0 Å². The number of hydrogen-bond donors (Lipinski definition) is 0. The normalized spacial score (nSPS) is 11.2. The van der Waals surface area contributed by atoms with E-state index in [2.05, 4.69) is 274 Å². The van der Waals surface area contributed by atoms with Crippen LogP contribution in [0.4, 0.5) is 68.2 Å². The monoisotopic (exact) mass is 872 g/mol. The van der Waals surface area contributed by atoms with Gasteiger partial charge in [-0.15, -0.1) is 0 Å². The average Bonchev–Trinajstić information content (AvgIpc) is 3.41. The van der Waals surface area contributed by atoms with Crippen molar-refractivity contribution in [2.75, 3.05) is 19.6 Å². The van der Waals surface area contributed by atoms with Crippen LogP contribution >= 0.6 is 0 Å². The number of hydrogen-bond acceptors (Lipinski definition) is 6. The fourth-order valence-electron chi connectivity index (χ4n) is 9.51. The maximum atomic E-state index is 5.18. The highest BCUT2D eigenvalue weighted by Gasteiger charge is 2.22. The van der Waals surface area contributed by atoms with Crippen LogP contribution in [-0.2, 0) is 0 Å². The van der Waals surface area contributed by atoms with Crippen LogP contribution in [0.5, 0.6) is 0 Å². The Morgan fingerprint density at radius 1 is 0.206 bits per heavy atom. The summed E-state index contributed by atoms with van der Waals surface area (Å²) >= 11 is 0. The third-order valence-corrected chi connectivity index (χ3v) is 12.5. The van der Waals surface area contributed by atoms with Gasteiger partial charge in [0, 0.05) is 96.5 Å². The van der Waals surface area contributed by atoms with Gasteiger partial charge in [-0.05, 0) is 146 Å². The summed E-state index contributed by atoms with van der Waals surface area (Å²) in [5.41, 5.74) is 14.5. The first-order valence-electron chi connectivity index (χ1n) is 22.9. The van der Waals surface area contributed by atoms with Crippen LogP contribution in [0.3, 0.4) is 0 Å². The second kappa shape index (κ2) is 17.6. The van der Waals surface area contributed by atoms with Gasteiger partial charge < -0.3 is 19.6 Å². The molecule has 2 heterocycles. The zero-order valence-corrected chi connectivity index (χ0v) is 37.1. The van der Waals surface area contributed by atoms with Crippen LogP contribution in [-0.4, -0.2) is 9.97 Å². The molecule has 0 fully saturated rings. The van der Waals surface area contributed by atoms with Gasteiger partial charge in [0.2, 0.25) is 0 Å². The Kier molecular flexibility index (Phi) is 10.4. The number of anilines is 12. The Morgan fingerprint density at radius 2 is 0.426 bits per heavy atom. The number of benzene rings is 10. The minimum Gasteiger partial charge on any atom is -0.311 e. The Morgan fingerprint density at radius 3 is 0.691 bits per heavy atom. The molecule has 12 rings (SSSR count). The minimum absolute atomic E-state index is 0.893. The van der Waals surface area contributed by atoms with E-state index in [1.54, 1.807) is 0 Å². The molecule has 322 valence electrons. The molecule has 0 atom stereocenters. The zero-order valence-electron chi connectivity index (χ0n) is 37.1. The molecule has 2 aromatic heterocycles. The fourth-order valence-corrected chi connectivity index (χ4v) is 9.51. The SMILES string of the molecule is c1ccc(N(c2ccccc2)c2ccc(N(c3ccccc3)c3cc4cnc5cc(N(c6ccccc6)c6ccc(N(c7ccccc7)c7ccccc7)cc6)cc6ncc(c3)c4c56)cc2)cc1. The van der Waals surface area contributed by atoms with Crippen molar-refractivity contribution in [3.05, 3.63) is 267 Å².